The van der Waals surface area contributed by atoms with Gasteiger partial charge in [-0.2, -0.15) is 0 Å². The number of thiazole rings is 1. The molecule has 0 N–H and O–H groups in total. The lowest BCUT2D eigenvalue weighted by atomic mass is 10.1. The van der Waals surface area contributed by atoms with E-state index >= 15 is 0 Å². The van der Waals surface area contributed by atoms with Gasteiger partial charge in [0.05, 0.1) is 18.5 Å². The van der Waals surface area contributed by atoms with Gasteiger partial charge in [0, 0.05) is 36.0 Å². The molecule has 0 amide bonds. The average molecular weight is 469 g/mol. The monoisotopic (exact) mass is 468 g/mol. The predicted molar refractivity (Wildman–Crippen MR) is 128 cm³/mol. The van der Waals surface area contributed by atoms with Crippen molar-refractivity contribution in [2.45, 2.75) is 37.1 Å². The second kappa shape index (κ2) is 8.95. The van der Waals surface area contributed by atoms with Gasteiger partial charge in [0.15, 0.2) is 10.1 Å². The number of ether oxygens (including phenoxy) is 1. The summed E-state index contributed by atoms with van der Waals surface area (Å²) in [5, 5.41) is 11.8. The Morgan fingerprint density at radius 1 is 1.16 bits per heavy atom. The highest BCUT2D eigenvalue weighted by Gasteiger charge is 2.23. The number of para-hydroxylation sites is 2. The van der Waals surface area contributed by atoms with Crippen LogP contribution in [0.15, 0.2) is 45.7 Å². The van der Waals surface area contributed by atoms with Gasteiger partial charge in [-0.25, -0.2) is 4.98 Å². The molecule has 0 bridgehead atoms. The lowest BCUT2D eigenvalue weighted by Gasteiger charge is -2.28. The molecule has 166 valence electrons. The van der Waals surface area contributed by atoms with Crippen LogP contribution in [0.4, 0.5) is 5.95 Å². The molecule has 0 saturated carbocycles. The maximum Gasteiger partial charge on any atom is 0.258 e. The summed E-state index contributed by atoms with van der Waals surface area (Å²) >= 11 is 3.00. The number of fused-ring (bicyclic) bond motifs is 1. The molecule has 10 heteroatoms. The molecular weight excluding hydrogens is 444 g/mol. The fourth-order valence-electron chi connectivity index (χ4n) is 3.99. The highest BCUT2D eigenvalue weighted by Crippen LogP contribution is 2.33. The smallest absolute Gasteiger partial charge is 0.258 e. The molecule has 0 unspecified atom stereocenters. The van der Waals surface area contributed by atoms with Crippen LogP contribution in [0.25, 0.3) is 10.6 Å². The summed E-state index contributed by atoms with van der Waals surface area (Å²) in [6.07, 6.45) is 3.54. The van der Waals surface area contributed by atoms with Crippen LogP contribution in [0, 0.1) is 6.92 Å². The Balaban J connectivity index is 1.51. The van der Waals surface area contributed by atoms with Crippen molar-refractivity contribution in [3.05, 3.63) is 57.5 Å². The molecule has 4 aromatic rings. The standard InChI is InChI=1S/C22H24N6O2S2/c1-15-13-31-21-23-16(12-19(29)27(15)21)14-32-22-25-24-20(26-10-6-3-7-11-26)28(22)17-8-4-5-9-18(17)30-2/h4-5,8-9,12-13H,3,6-7,10-11,14H2,1-2H3. The van der Waals surface area contributed by atoms with E-state index in [0.717, 1.165) is 59.9 Å². The zero-order valence-electron chi connectivity index (χ0n) is 18.0. The van der Waals surface area contributed by atoms with E-state index in [1.165, 1.54) is 29.5 Å². The van der Waals surface area contributed by atoms with Crippen molar-refractivity contribution in [3.8, 4) is 11.4 Å². The summed E-state index contributed by atoms with van der Waals surface area (Å²) in [6.45, 7) is 3.84. The summed E-state index contributed by atoms with van der Waals surface area (Å²) in [6, 6.07) is 9.51. The maximum atomic E-state index is 12.5. The van der Waals surface area contributed by atoms with Gasteiger partial charge in [0.2, 0.25) is 5.95 Å². The first-order chi connectivity index (χ1) is 15.7. The minimum Gasteiger partial charge on any atom is -0.495 e. The number of methoxy groups -OCH3 is 1. The number of nitrogens with zero attached hydrogens (tertiary/aromatic N) is 6. The molecule has 1 fully saturated rings. The van der Waals surface area contributed by atoms with Crippen molar-refractivity contribution in [2.75, 3.05) is 25.1 Å². The number of anilines is 1. The number of hydrogen-bond acceptors (Lipinski definition) is 8. The normalized spacial score (nSPS) is 14.2. The average Bonchev–Trinajstić information content (AvgIpc) is 3.42. The summed E-state index contributed by atoms with van der Waals surface area (Å²) in [7, 11) is 1.67. The SMILES string of the molecule is COc1ccccc1-n1c(SCc2cc(=O)n3c(C)csc3n2)nnc1N1CCCCC1. The number of aryl methyl sites for hydroxylation is 1. The molecule has 8 nitrogen and oxygen atoms in total. The summed E-state index contributed by atoms with van der Waals surface area (Å²) in [5.41, 5.74) is 2.49. The zero-order valence-corrected chi connectivity index (χ0v) is 19.7. The first-order valence-corrected chi connectivity index (χ1v) is 12.5. The fourth-order valence-corrected chi connectivity index (χ4v) is 5.72. The fraction of sp³-hybridized carbons (Fsp3) is 0.364. The van der Waals surface area contributed by atoms with E-state index in [9.17, 15) is 4.79 Å². The van der Waals surface area contributed by atoms with E-state index in [2.05, 4.69) is 24.6 Å². The van der Waals surface area contributed by atoms with Crippen molar-refractivity contribution < 1.29 is 4.74 Å². The van der Waals surface area contributed by atoms with Crippen molar-refractivity contribution in [1.82, 2.24) is 24.1 Å². The summed E-state index contributed by atoms with van der Waals surface area (Å²) in [4.78, 5) is 20.2. The highest BCUT2D eigenvalue weighted by atomic mass is 32.2. The topological polar surface area (TPSA) is 77.5 Å². The molecule has 0 spiro atoms. The largest absolute Gasteiger partial charge is 0.495 e. The Kier molecular flexibility index (Phi) is 5.88. The second-order valence-corrected chi connectivity index (χ2v) is 9.49. The third kappa shape index (κ3) is 3.88. The summed E-state index contributed by atoms with van der Waals surface area (Å²) in [5.74, 6) is 2.11. The number of piperidine rings is 1. The van der Waals surface area contributed by atoms with Gasteiger partial charge in [-0.3, -0.25) is 13.8 Å². The lowest BCUT2D eigenvalue weighted by molar-refractivity contribution is 0.412. The van der Waals surface area contributed by atoms with Gasteiger partial charge in [-0.15, -0.1) is 21.5 Å². The minimum absolute atomic E-state index is 0.0513. The predicted octanol–water partition coefficient (Wildman–Crippen LogP) is 3.94. The number of rotatable bonds is 6. The van der Waals surface area contributed by atoms with Crippen LogP contribution in [0.2, 0.25) is 0 Å². The molecular formula is C22H24N6O2S2. The van der Waals surface area contributed by atoms with E-state index in [4.69, 9.17) is 4.74 Å². The molecule has 5 rings (SSSR count). The van der Waals surface area contributed by atoms with E-state index < -0.39 is 0 Å². The van der Waals surface area contributed by atoms with Gasteiger partial charge >= 0.3 is 0 Å². The zero-order chi connectivity index (χ0) is 22.1. The first kappa shape index (κ1) is 21.0. The first-order valence-electron chi connectivity index (χ1n) is 10.6. The van der Waals surface area contributed by atoms with Crippen molar-refractivity contribution in [2.24, 2.45) is 0 Å². The number of aromatic nitrogens is 5. The van der Waals surface area contributed by atoms with Crippen LogP contribution in [0.3, 0.4) is 0 Å². The number of benzene rings is 1. The van der Waals surface area contributed by atoms with Gasteiger partial charge in [0.25, 0.3) is 5.56 Å². The lowest BCUT2D eigenvalue weighted by Crippen LogP contribution is -2.31. The van der Waals surface area contributed by atoms with Crippen LogP contribution in [-0.2, 0) is 5.75 Å². The van der Waals surface area contributed by atoms with Crippen molar-refractivity contribution in [3.63, 3.8) is 0 Å². The van der Waals surface area contributed by atoms with Crippen molar-refractivity contribution >= 4 is 34.0 Å². The quantitative estimate of drug-likeness (QED) is 0.397. The molecule has 3 aromatic heterocycles. The Morgan fingerprint density at radius 2 is 1.97 bits per heavy atom. The van der Waals surface area contributed by atoms with Crippen LogP contribution < -0.4 is 15.2 Å². The molecule has 0 radical (unpaired) electrons. The maximum absolute atomic E-state index is 12.5. The highest BCUT2D eigenvalue weighted by molar-refractivity contribution is 7.98. The Labute approximate surface area is 193 Å². The van der Waals surface area contributed by atoms with E-state index in [1.54, 1.807) is 17.6 Å². The molecule has 1 aromatic carbocycles. The Hall–Kier alpha value is -2.85. The number of hydrogen-bond donors (Lipinski definition) is 0. The molecule has 1 aliphatic heterocycles. The molecule has 0 atom stereocenters. The second-order valence-electron chi connectivity index (χ2n) is 7.71. The molecule has 0 aliphatic carbocycles. The van der Waals surface area contributed by atoms with Gasteiger partial charge < -0.3 is 9.64 Å². The summed E-state index contributed by atoms with van der Waals surface area (Å²) < 4.78 is 9.34. The minimum atomic E-state index is -0.0513. The van der Waals surface area contributed by atoms with Gasteiger partial charge in [-0.1, -0.05) is 23.9 Å². The third-order valence-corrected chi connectivity index (χ3v) is 7.47. The van der Waals surface area contributed by atoms with Gasteiger partial charge in [-0.05, 0) is 38.3 Å². The van der Waals surface area contributed by atoms with E-state index in [1.807, 2.05) is 36.6 Å². The van der Waals surface area contributed by atoms with Crippen LogP contribution in [0.1, 0.15) is 30.7 Å². The van der Waals surface area contributed by atoms with E-state index in [-0.39, 0.29) is 5.56 Å². The Morgan fingerprint density at radius 3 is 2.78 bits per heavy atom. The molecule has 1 saturated heterocycles. The van der Waals surface area contributed by atoms with Crippen LogP contribution in [-0.4, -0.2) is 44.3 Å². The number of thioether (sulfide) groups is 1. The molecule has 4 heterocycles. The molecule has 32 heavy (non-hydrogen) atoms. The third-order valence-electron chi connectivity index (χ3n) is 5.56. The Bertz CT molecular complexity index is 1310. The van der Waals surface area contributed by atoms with E-state index in [0.29, 0.717) is 10.7 Å². The molecule has 1 aliphatic rings. The van der Waals surface area contributed by atoms with Crippen LogP contribution in [0.5, 0.6) is 5.75 Å². The van der Waals surface area contributed by atoms with Crippen LogP contribution >= 0.6 is 23.1 Å². The van der Waals surface area contributed by atoms with Crippen molar-refractivity contribution in [1.29, 1.82) is 0 Å². The van der Waals surface area contributed by atoms with Gasteiger partial charge in [0.1, 0.15) is 5.75 Å².